The predicted molar refractivity (Wildman–Crippen MR) is 61.9 cm³/mol. The highest BCUT2D eigenvalue weighted by atomic mass is 14.9. The zero-order chi connectivity index (χ0) is 10.5. The van der Waals surface area contributed by atoms with Crippen LogP contribution in [0.1, 0.15) is 62.8 Å². The van der Waals surface area contributed by atoms with Gasteiger partial charge in [0.15, 0.2) is 0 Å². The van der Waals surface area contributed by atoms with Crippen LogP contribution in [0.15, 0.2) is 12.4 Å². The highest BCUT2D eigenvalue weighted by molar-refractivity contribution is 5.07. The quantitative estimate of drug-likeness (QED) is 0.753. The second-order valence-electron chi connectivity index (χ2n) is 4.53. The van der Waals surface area contributed by atoms with Gasteiger partial charge in [0.25, 0.3) is 0 Å². The summed E-state index contributed by atoms with van der Waals surface area (Å²) in [6.45, 7) is 2.19. The van der Waals surface area contributed by atoms with Gasteiger partial charge in [-0.3, -0.25) is 0 Å². The molecule has 1 aromatic heterocycles. The Bertz CT molecular complexity index is 286. The summed E-state index contributed by atoms with van der Waals surface area (Å²) in [4.78, 5) is 9.02. The first-order valence-corrected chi connectivity index (χ1v) is 6.21. The van der Waals surface area contributed by atoms with E-state index in [-0.39, 0.29) is 0 Å². The first kappa shape index (κ1) is 10.6. The molecule has 82 valence electrons. The fourth-order valence-corrected chi connectivity index (χ4v) is 2.35. The Hall–Kier alpha value is -0.920. The second kappa shape index (κ2) is 5.24. The fourth-order valence-electron chi connectivity index (χ4n) is 2.35. The van der Waals surface area contributed by atoms with E-state index in [0.29, 0.717) is 5.92 Å². The summed E-state index contributed by atoms with van der Waals surface area (Å²) in [6, 6.07) is 0. The first-order valence-electron chi connectivity index (χ1n) is 6.21. The molecule has 1 heterocycles. The molecular formula is C13H20N2. The summed E-state index contributed by atoms with van der Waals surface area (Å²) in [6.07, 6.45) is 13.0. The predicted octanol–water partition coefficient (Wildman–Crippen LogP) is 3.48. The zero-order valence-electron chi connectivity index (χ0n) is 9.58. The maximum absolute atomic E-state index is 4.51. The van der Waals surface area contributed by atoms with Crippen molar-refractivity contribution in [2.45, 2.75) is 57.8 Å². The Kier molecular flexibility index (Phi) is 3.70. The molecule has 2 heteroatoms. The number of aromatic nitrogens is 2. The molecule has 0 unspecified atom stereocenters. The van der Waals surface area contributed by atoms with Crippen LogP contribution >= 0.6 is 0 Å². The molecule has 1 saturated carbocycles. The van der Waals surface area contributed by atoms with Gasteiger partial charge < -0.3 is 0 Å². The molecule has 0 aromatic carbocycles. The van der Waals surface area contributed by atoms with E-state index in [2.05, 4.69) is 16.9 Å². The molecule has 0 spiro atoms. The molecular weight excluding hydrogens is 184 g/mol. The lowest BCUT2D eigenvalue weighted by Gasteiger charge is -2.19. The minimum absolute atomic E-state index is 0.634. The average molecular weight is 204 g/mol. The van der Waals surface area contributed by atoms with Crippen LogP contribution in [0.2, 0.25) is 0 Å². The summed E-state index contributed by atoms with van der Waals surface area (Å²) >= 11 is 0. The molecule has 0 aliphatic heterocycles. The molecule has 0 radical (unpaired) electrons. The van der Waals surface area contributed by atoms with Crippen molar-refractivity contribution in [3.8, 4) is 0 Å². The molecule has 0 N–H and O–H groups in total. The molecule has 15 heavy (non-hydrogen) atoms. The van der Waals surface area contributed by atoms with Crippen molar-refractivity contribution in [3.63, 3.8) is 0 Å². The third kappa shape index (κ3) is 2.77. The van der Waals surface area contributed by atoms with Crippen molar-refractivity contribution in [1.29, 1.82) is 0 Å². The molecule has 1 fully saturated rings. The minimum Gasteiger partial charge on any atom is -0.241 e. The molecule has 0 bridgehead atoms. The van der Waals surface area contributed by atoms with Crippen LogP contribution in [0.4, 0.5) is 0 Å². The topological polar surface area (TPSA) is 25.8 Å². The van der Waals surface area contributed by atoms with Gasteiger partial charge in [-0.15, -0.1) is 0 Å². The smallest absolute Gasteiger partial charge is 0.131 e. The molecule has 1 aliphatic rings. The van der Waals surface area contributed by atoms with Gasteiger partial charge in [-0.1, -0.05) is 32.6 Å². The molecule has 0 amide bonds. The van der Waals surface area contributed by atoms with Crippen LogP contribution in [-0.4, -0.2) is 9.97 Å². The van der Waals surface area contributed by atoms with Gasteiger partial charge in [0.2, 0.25) is 0 Å². The lowest BCUT2D eigenvalue weighted by molar-refractivity contribution is 0.428. The standard InChI is InChI=1S/C13H20N2/c1-2-6-11-9-14-13(15-10-11)12-7-4-3-5-8-12/h9-10,12H,2-8H2,1H3. The van der Waals surface area contributed by atoms with E-state index in [4.69, 9.17) is 0 Å². The van der Waals surface area contributed by atoms with E-state index in [0.717, 1.165) is 12.2 Å². The van der Waals surface area contributed by atoms with Gasteiger partial charge in [-0.05, 0) is 24.8 Å². The number of nitrogens with zero attached hydrogens (tertiary/aromatic N) is 2. The average Bonchev–Trinajstić information content (AvgIpc) is 2.32. The zero-order valence-corrected chi connectivity index (χ0v) is 9.58. The molecule has 1 aliphatic carbocycles. The maximum Gasteiger partial charge on any atom is 0.131 e. The maximum atomic E-state index is 4.51. The summed E-state index contributed by atoms with van der Waals surface area (Å²) in [5.41, 5.74) is 1.28. The van der Waals surface area contributed by atoms with Crippen molar-refractivity contribution in [2.75, 3.05) is 0 Å². The normalized spacial score (nSPS) is 17.9. The van der Waals surface area contributed by atoms with Crippen LogP contribution in [0.25, 0.3) is 0 Å². The van der Waals surface area contributed by atoms with Crippen molar-refractivity contribution < 1.29 is 0 Å². The van der Waals surface area contributed by atoms with Crippen molar-refractivity contribution in [2.24, 2.45) is 0 Å². The Morgan fingerprint density at radius 3 is 2.40 bits per heavy atom. The molecule has 2 rings (SSSR count). The Morgan fingerprint density at radius 2 is 1.80 bits per heavy atom. The number of hydrogen-bond acceptors (Lipinski definition) is 2. The molecule has 1 aromatic rings. The van der Waals surface area contributed by atoms with Gasteiger partial charge >= 0.3 is 0 Å². The van der Waals surface area contributed by atoms with Crippen molar-refractivity contribution in [1.82, 2.24) is 9.97 Å². The number of rotatable bonds is 3. The van der Waals surface area contributed by atoms with E-state index in [1.54, 1.807) is 0 Å². The largest absolute Gasteiger partial charge is 0.241 e. The van der Waals surface area contributed by atoms with E-state index in [9.17, 15) is 0 Å². The van der Waals surface area contributed by atoms with Crippen LogP contribution < -0.4 is 0 Å². The summed E-state index contributed by atoms with van der Waals surface area (Å²) < 4.78 is 0. The molecule has 0 atom stereocenters. The van der Waals surface area contributed by atoms with Gasteiger partial charge in [-0.25, -0.2) is 9.97 Å². The van der Waals surface area contributed by atoms with Gasteiger partial charge in [0.1, 0.15) is 5.82 Å². The van der Waals surface area contributed by atoms with Crippen molar-refractivity contribution in [3.05, 3.63) is 23.8 Å². The van der Waals surface area contributed by atoms with Gasteiger partial charge in [0.05, 0.1) is 0 Å². The van der Waals surface area contributed by atoms with Gasteiger partial charge in [-0.2, -0.15) is 0 Å². The summed E-state index contributed by atoms with van der Waals surface area (Å²) in [5.74, 6) is 1.71. The fraction of sp³-hybridized carbons (Fsp3) is 0.692. The lowest BCUT2D eigenvalue weighted by Crippen LogP contribution is -2.08. The Balaban J connectivity index is 2.02. The van der Waals surface area contributed by atoms with E-state index in [1.165, 1.54) is 44.1 Å². The van der Waals surface area contributed by atoms with Crippen LogP contribution in [-0.2, 0) is 6.42 Å². The highest BCUT2D eigenvalue weighted by Crippen LogP contribution is 2.30. The van der Waals surface area contributed by atoms with Crippen molar-refractivity contribution >= 4 is 0 Å². The third-order valence-corrected chi connectivity index (χ3v) is 3.23. The second-order valence-corrected chi connectivity index (χ2v) is 4.53. The highest BCUT2D eigenvalue weighted by Gasteiger charge is 2.17. The molecule has 2 nitrogen and oxygen atoms in total. The Morgan fingerprint density at radius 1 is 1.13 bits per heavy atom. The lowest BCUT2D eigenvalue weighted by atomic mass is 9.89. The van der Waals surface area contributed by atoms with Crippen LogP contribution in [0.5, 0.6) is 0 Å². The number of aryl methyl sites for hydroxylation is 1. The monoisotopic (exact) mass is 204 g/mol. The van der Waals surface area contributed by atoms with Crippen LogP contribution in [0.3, 0.4) is 0 Å². The van der Waals surface area contributed by atoms with E-state index < -0.39 is 0 Å². The molecule has 0 saturated heterocycles. The van der Waals surface area contributed by atoms with Gasteiger partial charge in [0, 0.05) is 18.3 Å². The van der Waals surface area contributed by atoms with E-state index in [1.807, 2.05) is 12.4 Å². The minimum atomic E-state index is 0.634. The Labute approximate surface area is 92.1 Å². The SMILES string of the molecule is CCCc1cnc(C2CCCCC2)nc1. The number of hydrogen-bond donors (Lipinski definition) is 0. The summed E-state index contributed by atoms with van der Waals surface area (Å²) in [7, 11) is 0. The third-order valence-electron chi connectivity index (χ3n) is 3.23. The first-order chi connectivity index (χ1) is 7.40. The van der Waals surface area contributed by atoms with E-state index >= 15 is 0 Å². The summed E-state index contributed by atoms with van der Waals surface area (Å²) in [5, 5.41) is 0. The van der Waals surface area contributed by atoms with Crippen LogP contribution in [0, 0.1) is 0 Å².